The summed E-state index contributed by atoms with van der Waals surface area (Å²) in [5.74, 6) is 0. The zero-order valence-electron chi connectivity index (χ0n) is 6.02. The Bertz CT molecular complexity index is 457. The fraction of sp³-hybridized carbons (Fsp3) is 0. The number of hydrogen-bond donors (Lipinski definition) is 0. The highest BCUT2D eigenvalue weighted by atomic mass is 32.1. The van der Waals surface area contributed by atoms with Gasteiger partial charge < -0.3 is 0 Å². The van der Waals surface area contributed by atoms with Crippen molar-refractivity contribution < 1.29 is 4.79 Å². The Labute approximate surface area is 72.5 Å². The van der Waals surface area contributed by atoms with Crippen LogP contribution in [0.1, 0.15) is 0 Å². The summed E-state index contributed by atoms with van der Waals surface area (Å²) in [4.78, 5) is 13.5. The molecular formula is C8H4N2OS. The molecule has 0 aliphatic carbocycles. The van der Waals surface area contributed by atoms with Gasteiger partial charge in [-0.25, -0.2) is 4.79 Å². The number of fused-ring (bicyclic) bond motifs is 1. The normalized spacial score (nSPS) is 9.67. The second kappa shape index (κ2) is 2.85. The summed E-state index contributed by atoms with van der Waals surface area (Å²) in [7, 11) is 0. The van der Waals surface area contributed by atoms with Gasteiger partial charge >= 0.3 is 0 Å². The van der Waals surface area contributed by atoms with Crippen molar-refractivity contribution in [3.8, 4) is 0 Å². The van der Waals surface area contributed by atoms with E-state index in [9.17, 15) is 4.79 Å². The van der Waals surface area contributed by atoms with E-state index in [1.165, 1.54) is 17.6 Å². The molecule has 2 aromatic rings. The van der Waals surface area contributed by atoms with Crippen LogP contribution in [-0.2, 0) is 4.79 Å². The molecule has 0 aliphatic heterocycles. The number of benzene rings is 1. The molecule has 4 heteroatoms. The summed E-state index contributed by atoms with van der Waals surface area (Å²) in [5, 5.41) is 2.93. The first-order chi connectivity index (χ1) is 5.90. The molecule has 0 radical (unpaired) electrons. The Morgan fingerprint density at radius 3 is 3.25 bits per heavy atom. The molecule has 58 valence electrons. The Morgan fingerprint density at radius 1 is 1.50 bits per heavy atom. The van der Waals surface area contributed by atoms with Gasteiger partial charge in [-0.3, -0.25) is 0 Å². The predicted molar refractivity (Wildman–Crippen MR) is 47.4 cm³/mol. The molecule has 0 unspecified atom stereocenters. The first-order valence-electron chi connectivity index (χ1n) is 3.32. The number of nitrogens with zero attached hydrogens (tertiary/aromatic N) is 2. The molecule has 1 heterocycles. The lowest BCUT2D eigenvalue weighted by Gasteiger charge is -1.88. The van der Waals surface area contributed by atoms with E-state index in [-0.39, 0.29) is 0 Å². The van der Waals surface area contributed by atoms with Gasteiger partial charge in [0.2, 0.25) is 6.08 Å². The van der Waals surface area contributed by atoms with Crippen molar-refractivity contribution in [2.45, 2.75) is 0 Å². The van der Waals surface area contributed by atoms with Gasteiger partial charge in [0.15, 0.2) is 0 Å². The molecule has 0 N–H and O–H groups in total. The summed E-state index contributed by atoms with van der Waals surface area (Å²) in [6.45, 7) is 0. The standard InChI is InChI=1S/C8H4N2OS/c11-5-9-7-1-2-8-6(3-7)4-12-10-8/h1-4H. The molecule has 2 rings (SSSR count). The van der Waals surface area contributed by atoms with Crippen LogP contribution >= 0.6 is 11.5 Å². The molecule has 0 saturated carbocycles. The summed E-state index contributed by atoms with van der Waals surface area (Å²) in [6.07, 6.45) is 1.50. The van der Waals surface area contributed by atoms with E-state index in [0.29, 0.717) is 5.69 Å². The third kappa shape index (κ3) is 1.13. The molecule has 3 nitrogen and oxygen atoms in total. The maximum Gasteiger partial charge on any atom is 0.240 e. The third-order valence-corrected chi connectivity index (χ3v) is 2.18. The second-order valence-corrected chi connectivity index (χ2v) is 2.89. The van der Waals surface area contributed by atoms with Crippen molar-refractivity contribution in [2.75, 3.05) is 0 Å². The van der Waals surface area contributed by atoms with Gasteiger partial charge in [-0.15, -0.1) is 0 Å². The fourth-order valence-electron chi connectivity index (χ4n) is 0.982. The highest BCUT2D eigenvalue weighted by Crippen LogP contribution is 2.21. The lowest BCUT2D eigenvalue weighted by Crippen LogP contribution is -1.66. The van der Waals surface area contributed by atoms with Crippen LogP contribution in [0.25, 0.3) is 10.9 Å². The van der Waals surface area contributed by atoms with Gasteiger partial charge in [-0.1, -0.05) is 0 Å². The van der Waals surface area contributed by atoms with Crippen molar-refractivity contribution >= 4 is 34.2 Å². The van der Waals surface area contributed by atoms with Gasteiger partial charge in [0.25, 0.3) is 0 Å². The van der Waals surface area contributed by atoms with Gasteiger partial charge in [-0.05, 0) is 29.7 Å². The average Bonchev–Trinajstić information content (AvgIpc) is 2.51. The van der Waals surface area contributed by atoms with E-state index in [0.717, 1.165) is 10.9 Å². The molecule has 1 aromatic heterocycles. The van der Waals surface area contributed by atoms with Crippen LogP contribution in [-0.4, -0.2) is 10.5 Å². The van der Waals surface area contributed by atoms with Gasteiger partial charge in [-0.2, -0.15) is 9.37 Å². The highest BCUT2D eigenvalue weighted by Gasteiger charge is 1.96. The molecule has 0 bridgehead atoms. The van der Waals surface area contributed by atoms with Crippen LogP contribution < -0.4 is 0 Å². The number of aromatic nitrogens is 1. The molecule has 0 atom stereocenters. The van der Waals surface area contributed by atoms with Gasteiger partial charge in [0.1, 0.15) is 0 Å². The van der Waals surface area contributed by atoms with E-state index >= 15 is 0 Å². The van der Waals surface area contributed by atoms with Crippen molar-refractivity contribution in [3.63, 3.8) is 0 Å². The van der Waals surface area contributed by atoms with Crippen molar-refractivity contribution in [1.82, 2.24) is 4.37 Å². The van der Waals surface area contributed by atoms with Crippen LogP contribution in [0.3, 0.4) is 0 Å². The molecule has 0 fully saturated rings. The van der Waals surface area contributed by atoms with E-state index in [2.05, 4.69) is 9.37 Å². The monoisotopic (exact) mass is 176 g/mol. The number of hydrogen-bond acceptors (Lipinski definition) is 4. The minimum absolute atomic E-state index is 0.623. The topological polar surface area (TPSA) is 42.3 Å². The molecule has 0 saturated heterocycles. The van der Waals surface area contributed by atoms with Crippen molar-refractivity contribution in [2.24, 2.45) is 4.99 Å². The van der Waals surface area contributed by atoms with E-state index in [1.54, 1.807) is 6.07 Å². The quantitative estimate of drug-likeness (QED) is 0.494. The summed E-state index contributed by atoms with van der Waals surface area (Å²) in [5.41, 5.74) is 1.56. The van der Waals surface area contributed by atoms with Gasteiger partial charge in [0, 0.05) is 10.8 Å². The molecule has 0 spiro atoms. The van der Waals surface area contributed by atoms with Crippen LogP contribution in [0.4, 0.5) is 5.69 Å². The zero-order valence-corrected chi connectivity index (χ0v) is 6.84. The Balaban J connectivity index is 2.67. The largest absolute Gasteiger partial charge is 0.240 e. The van der Waals surface area contributed by atoms with E-state index in [4.69, 9.17) is 0 Å². The highest BCUT2D eigenvalue weighted by molar-refractivity contribution is 7.04. The molecular weight excluding hydrogens is 172 g/mol. The minimum atomic E-state index is 0.623. The van der Waals surface area contributed by atoms with E-state index < -0.39 is 0 Å². The van der Waals surface area contributed by atoms with Crippen LogP contribution in [0.15, 0.2) is 28.6 Å². The molecule has 1 aromatic carbocycles. The zero-order chi connectivity index (χ0) is 8.39. The smallest absolute Gasteiger partial charge is 0.211 e. The molecule has 0 aliphatic rings. The maximum absolute atomic E-state index is 9.94. The lowest BCUT2D eigenvalue weighted by molar-refractivity contribution is 0.565. The van der Waals surface area contributed by atoms with Crippen LogP contribution in [0, 0.1) is 0 Å². The summed E-state index contributed by atoms with van der Waals surface area (Å²) < 4.78 is 4.12. The van der Waals surface area contributed by atoms with Crippen LogP contribution in [0.2, 0.25) is 0 Å². The molecule has 12 heavy (non-hydrogen) atoms. The number of isocyanates is 1. The predicted octanol–water partition coefficient (Wildman–Crippen LogP) is 2.26. The van der Waals surface area contributed by atoms with Crippen molar-refractivity contribution in [1.29, 1.82) is 0 Å². The maximum atomic E-state index is 9.94. The first kappa shape index (κ1) is 7.16. The average molecular weight is 176 g/mol. The number of rotatable bonds is 1. The Morgan fingerprint density at radius 2 is 2.42 bits per heavy atom. The fourth-order valence-corrected chi connectivity index (χ4v) is 1.62. The lowest BCUT2D eigenvalue weighted by atomic mass is 10.2. The summed E-state index contributed by atoms with van der Waals surface area (Å²) in [6, 6.07) is 5.39. The summed E-state index contributed by atoms with van der Waals surface area (Å²) >= 11 is 1.39. The first-order valence-corrected chi connectivity index (χ1v) is 4.16. The Hall–Kier alpha value is -1.51. The Kier molecular flexibility index (Phi) is 1.70. The van der Waals surface area contributed by atoms with Crippen molar-refractivity contribution in [3.05, 3.63) is 23.6 Å². The minimum Gasteiger partial charge on any atom is -0.211 e. The SMILES string of the molecule is O=C=Nc1ccc2nscc2c1. The second-order valence-electron chi connectivity index (χ2n) is 2.26. The molecule has 0 amide bonds. The number of carbonyl (C=O) groups excluding carboxylic acids is 1. The van der Waals surface area contributed by atoms with Gasteiger partial charge in [0.05, 0.1) is 11.2 Å². The number of aliphatic imine (C=N–C) groups is 1. The van der Waals surface area contributed by atoms with Crippen LogP contribution in [0.5, 0.6) is 0 Å². The third-order valence-electron chi connectivity index (χ3n) is 1.52. The van der Waals surface area contributed by atoms with E-state index in [1.807, 2.05) is 17.5 Å².